The summed E-state index contributed by atoms with van der Waals surface area (Å²) < 4.78 is 5.33. The van der Waals surface area contributed by atoms with Gasteiger partial charge in [0.25, 0.3) is 0 Å². The molecule has 0 fully saturated rings. The molecule has 0 saturated heterocycles. The minimum absolute atomic E-state index is 0.0567. The van der Waals surface area contributed by atoms with E-state index in [9.17, 15) is 4.89 Å². The Morgan fingerprint density at radius 1 is 1.06 bits per heavy atom. The Hall–Kier alpha value is -0.300. The molecule has 1 rings (SSSR count). The van der Waals surface area contributed by atoms with Gasteiger partial charge in [0.15, 0.2) is 0 Å². The molecular weight excluding hydrogens is 267 g/mol. The molecule has 1 atom stereocenters. The lowest BCUT2D eigenvalue weighted by Crippen LogP contribution is -2.17. The smallest absolute Gasteiger partial charge is 0.335 e. The minimum atomic E-state index is -1.91. The van der Waals surface area contributed by atoms with E-state index in [1.807, 2.05) is 12.1 Å². The third-order valence-electron chi connectivity index (χ3n) is 2.83. The lowest BCUT2D eigenvalue weighted by Gasteiger charge is -2.27. The van der Waals surface area contributed by atoms with Crippen LogP contribution in [0.5, 0.6) is 5.75 Å². The summed E-state index contributed by atoms with van der Waals surface area (Å²) in [6, 6.07) is 6.07. The van der Waals surface area contributed by atoms with Crippen LogP contribution in [0.3, 0.4) is 0 Å². The molecule has 0 saturated carbocycles. The van der Waals surface area contributed by atoms with Gasteiger partial charge in [-0.05, 0) is 33.7 Å². The molecule has 18 heavy (non-hydrogen) atoms. The van der Waals surface area contributed by atoms with Crippen molar-refractivity contribution in [1.29, 1.82) is 0 Å². The molecule has 0 aliphatic carbocycles. The Balaban J connectivity index is 3.30. The van der Waals surface area contributed by atoms with Crippen molar-refractivity contribution in [3.05, 3.63) is 29.3 Å². The van der Waals surface area contributed by atoms with Gasteiger partial charge in [-0.3, -0.25) is 0 Å². The fourth-order valence-corrected chi connectivity index (χ4v) is 2.29. The summed E-state index contributed by atoms with van der Waals surface area (Å²) in [5.74, 6) is 0.666. The fourth-order valence-electron chi connectivity index (χ4n) is 1.74. The average molecular weight is 289 g/mol. The molecule has 1 aromatic carbocycles. The summed E-state index contributed by atoms with van der Waals surface area (Å²) in [6.07, 6.45) is 0. The Kier molecular flexibility index (Phi) is 4.70. The van der Waals surface area contributed by atoms with Crippen LogP contribution in [0, 0.1) is 0 Å². The van der Waals surface area contributed by atoms with Crippen LogP contribution in [0.25, 0.3) is 0 Å². The summed E-state index contributed by atoms with van der Waals surface area (Å²) in [5, 5.41) is 0. The molecule has 0 spiro atoms. The van der Waals surface area contributed by atoms with Crippen LogP contribution in [0.1, 0.15) is 52.7 Å². The number of hydrogen-bond donors (Lipinski definition) is 1. The molecule has 2 nitrogen and oxygen atoms in total. The Morgan fingerprint density at radius 2 is 1.61 bits per heavy atom. The first-order chi connectivity index (χ1) is 8.01. The molecule has 1 aromatic rings. The molecule has 0 heterocycles. The molecule has 0 aliphatic heterocycles. The van der Waals surface area contributed by atoms with Crippen molar-refractivity contribution >= 4 is 19.0 Å². The van der Waals surface area contributed by atoms with Crippen molar-refractivity contribution in [3.63, 3.8) is 0 Å². The van der Waals surface area contributed by atoms with Gasteiger partial charge >= 0.3 is 7.73 Å². The van der Waals surface area contributed by atoms with Gasteiger partial charge in [0, 0.05) is 5.56 Å². The van der Waals surface area contributed by atoms with Crippen molar-refractivity contribution in [2.75, 3.05) is 0 Å². The third kappa shape index (κ3) is 4.12. The van der Waals surface area contributed by atoms with E-state index >= 15 is 0 Å². The normalized spacial score (nSPS) is 14.4. The molecule has 0 amide bonds. The van der Waals surface area contributed by atoms with Gasteiger partial charge < -0.3 is 9.42 Å². The average Bonchev–Trinajstić information content (AvgIpc) is 2.13. The first-order valence-electron chi connectivity index (χ1n) is 5.99. The largest absolute Gasteiger partial charge is 0.436 e. The highest BCUT2D eigenvalue weighted by Gasteiger charge is 2.23. The highest BCUT2D eigenvalue weighted by atomic mass is 35.7. The number of hydrogen-bond acceptors (Lipinski definition) is 2. The van der Waals surface area contributed by atoms with Crippen molar-refractivity contribution in [1.82, 2.24) is 0 Å². The van der Waals surface area contributed by atoms with Gasteiger partial charge in [-0.15, -0.1) is 0 Å². The van der Waals surface area contributed by atoms with Crippen LogP contribution >= 0.6 is 19.0 Å². The van der Waals surface area contributed by atoms with Gasteiger partial charge in [-0.25, -0.2) is 0 Å². The highest BCUT2D eigenvalue weighted by Crippen LogP contribution is 2.43. The zero-order chi connectivity index (χ0) is 14.1. The Labute approximate surface area is 116 Å². The van der Waals surface area contributed by atoms with Crippen LogP contribution < -0.4 is 4.52 Å². The first-order valence-corrected chi connectivity index (χ1v) is 8.11. The maximum absolute atomic E-state index is 9.23. The molecule has 0 bridgehead atoms. The van der Waals surface area contributed by atoms with E-state index in [1.54, 1.807) is 0 Å². The van der Waals surface area contributed by atoms with Crippen LogP contribution in [0.4, 0.5) is 0 Å². The van der Waals surface area contributed by atoms with Gasteiger partial charge in [-0.2, -0.15) is 0 Å². The van der Waals surface area contributed by atoms with Crippen molar-refractivity contribution in [2.45, 2.75) is 52.4 Å². The second-order valence-electron chi connectivity index (χ2n) is 6.53. The summed E-state index contributed by atoms with van der Waals surface area (Å²) in [7, 11) is -1.91. The molecule has 1 N–H and O–H groups in total. The van der Waals surface area contributed by atoms with Crippen LogP contribution in [-0.2, 0) is 10.8 Å². The molecule has 0 aliphatic rings. The van der Waals surface area contributed by atoms with Crippen LogP contribution in [0.2, 0.25) is 0 Å². The van der Waals surface area contributed by atoms with E-state index in [0.717, 1.165) is 5.56 Å². The van der Waals surface area contributed by atoms with Gasteiger partial charge in [-0.1, -0.05) is 53.7 Å². The van der Waals surface area contributed by atoms with Gasteiger partial charge in [0.1, 0.15) is 5.75 Å². The lowest BCUT2D eigenvalue weighted by molar-refractivity contribution is 0.482. The number of halogens is 1. The predicted molar refractivity (Wildman–Crippen MR) is 79.5 cm³/mol. The van der Waals surface area contributed by atoms with Crippen molar-refractivity contribution in [3.8, 4) is 5.75 Å². The molecule has 4 heteroatoms. The summed E-state index contributed by atoms with van der Waals surface area (Å²) in [5.41, 5.74) is 2.34. The molecule has 1 unspecified atom stereocenters. The van der Waals surface area contributed by atoms with Crippen LogP contribution in [-0.4, -0.2) is 4.89 Å². The molecule has 0 aromatic heterocycles. The van der Waals surface area contributed by atoms with Crippen molar-refractivity contribution in [2.24, 2.45) is 0 Å². The second kappa shape index (κ2) is 5.36. The maximum Gasteiger partial charge on any atom is 0.335 e. The standard InChI is InChI=1S/C14H22ClO2P/c1-13(2,3)10-7-8-12(17-18(15)16)11(9-10)14(4,5)6/h7-9,16H,1-6H3. The van der Waals surface area contributed by atoms with E-state index in [-0.39, 0.29) is 10.8 Å². The minimum Gasteiger partial charge on any atom is -0.436 e. The SMILES string of the molecule is CC(C)(C)c1ccc(OP(O)Cl)c(C(C)(C)C)c1. The third-order valence-corrected chi connectivity index (χ3v) is 3.38. The van der Waals surface area contributed by atoms with E-state index in [0.29, 0.717) is 5.75 Å². The Morgan fingerprint density at radius 3 is 2.00 bits per heavy atom. The van der Waals surface area contributed by atoms with Crippen molar-refractivity contribution < 1.29 is 9.42 Å². The molecule has 0 radical (unpaired) electrons. The van der Waals surface area contributed by atoms with Gasteiger partial charge in [0.2, 0.25) is 0 Å². The quantitative estimate of drug-likeness (QED) is 0.766. The highest BCUT2D eigenvalue weighted by molar-refractivity contribution is 7.75. The summed E-state index contributed by atoms with van der Waals surface area (Å²) in [4.78, 5) is 9.23. The second-order valence-corrected chi connectivity index (χ2v) is 8.03. The number of rotatable bonds is 2. The zero-order valence-corrected chi connectivity index (χ0v) is 13.6. The molecule has 102 valence electrons. The van der Waals surface area contributed by atoms with Gasteiger partial charge in [0.05, 0.1) is 0 Å². The summed E-state index contributed by atoms with van der Waals surface area (Å²) >= 11 is 5.56. The topological polar surface area (TPSA) is 29.5 Å². The number of benzene rings is 1. The lowest BCUT2D eigenvalue weighted by atomic mass is 9.80. The molecular formula is C14H22ClO2P. The maximum atomic E-state index is 9.23. The van der Waals surface area contributed by atoms with E-state index in [2.05, 4.69) is 47.6 Å². The first kappa shape index (κ1) is 15.8. The van der Waals surface area contributed by atoms with E-state index < -0.39 is 7.73 Å². The van der Waals surface area contributed by atoms with E-state index in [4.69, 9.17) is 15.8 Å². The van der Waals surface area contributed by atoms with E-state index in [1.165, 1.54) is 5.56 Å². The Bertz CT molecular complexity index is 417. The fraction of sp³-hybridized carbons (Fsp3) is 0.571. The zero-order valence-electron chi connectivity index (χ0n) is 11.9. The summed E-state index contributed by atoms with van der Waals surface area (Å²) in [6.45, 7) is 12.9. The predicted octanol–water partition coefficient (Wildman–Crippen LogP) is 5.12. The van der Waals surface area contributed by atoms with Crippen LogP contribution in [0.15, 0.2) is 18.2 Å². The monoisotopic (exact) mass is 288 g/mol.